The van der Waals surface area contributed by atoms with E-state index in [9.17, 15) is 4.79 Å². The molecule has 0 saturated heterocycles. The molecular weight excluding hydrogens is 286 g/mol. The fraction of sp³-hybridized carbons (Fsp3) is 0.333. The summed E-state index contributed by atoms with van der Waals surface area (Å²) < 4.78 is 5.49. The molecule has 0 aliphatic rings. The molecule has 3 N–H and O–H groups in total. The Morgan fingerprint density at radius 3 is 2.76 bits per heavy atom. The fourth-order valence-electron chi connectivity index (χ4n) is 1.73. The highest BCUT2D eigenvalue weighted by Crippen LogP contribution is 2.25. The minimum absolute atomic E-state index is 0.225. The number of nitrogens with one attached hydrogen (secondary N) is 1. The van der Waals surface area contributed by atoms with Crippen molar-refractivity contribution >= 4 is 28.1 Å². The van der Waals surface area contributed by atoms with Crippen LogP contribution in [0.1, 0.15) is 34.3 Å². The summed E-state index contributed by atoms with van der Waals surface area (Å²) in [5.41, 5.74) is 7.78. The third-order valence-electron chi connectivity index (χ3n) is 2.98. The highest BCUT2D eigenvalue weighted by molar-refractivity contribution is 7.15. The zero-order chi connectivity index (χ0) is 15.4. The number of ether oxygens (including phenoxy) is 1. The second-order valence-electron chi connectivity index (χ2n) is 4.72. The summed E-state index contributed by atoms with van der Waals surface area (Å²) in [6, 6.07) is 5.04. The van der Waals surface area contributed by atoms with Crippen molar-refractivity contribution in [3.05, 3.63) is 34.3 Å². The van der Waals surface area contributed by atoms with Gasteiger partial charge >= 0.3 is 0 Å². The second-order valence-corrected chi connectivity index (χ2v) is 5.92. The molecule has 0 unspecified atom stereocenters. The predicted octanol–water partition coefficient (Wildman–Crippen LogP) is 3.38. The average Bonchev–Trinajstić information content (AvgIpc) is 2.75. The van der Waals surface area contributed by atoms with E-state index in [1.54, 1.807) is 18.2 Å². The van der Waals surface area contributed by atoms with Gasteiger partial charge in [0, 0.05) is 10.4 Å². The van der Waals surface area contributed by atoms with Gasteiger partial charge in [0.1, 0.15) is 5.75 Å². The van der Waals surface area contributed by atoms with Crippen molar-refractivity contribution in [3.63, 3.8) is 0 Å². The minimum Gasteiger partial charge on any atom is -0.491 e. The molecule has 0 spiro atoms. The molecular formula is C15H19N3O2S. The third kappa shape index (κ3) is 3.72. The van der Waals surface area contributed by atoms with Crippen LogP contribution in [0.25, 0.3) is 0 Å². The first-order valence-electron chi connectivity index (χ1n) is 6.79. The predicted molar refractivity (Wildman–Crippen MR) is 86.2 cm³/mol. The van der Waals surface area contributed by atoms with E-state index < -0.39 is 0 Å². The Labute approximate surface area is 128 Å². The molecule has 0 fully saturated rings. The van der Waals surface area contributed by atoms with Gasteiger partial charge in [0.2, 0.25) is 0 Å². The van der Waals surface area contributed by atoms with Crippen LogP contribution in [0.3, 0.4) is 0 Å². The lowest BCUT2D eigenvalue weighted by Crippen LogP contribution is -2.12. The summed E-state index contributed by atoms with van der Waals surface area (Å²) in [6.07, 6.45) is 0.907. The zero-order valence-corrected chi connectivity index (χ0v) is 13.2. The molecule has 6 heteroatoms. The van der Waals surface area contributed by atoms with Crippen molar-refractivity contribution in [2.75, 3.05) is 17.7 Å². The van der Waals surface area contributed by atoms with E-state index in [0.29, 0.717) is 28.7 Å². The smallest absolute Gasteiger partial charge is 0.257 e. The molecule has 5 nitrogen and oxygen atoms in total. The van der Waals surface area contributed by atoms with Gasteiger partial charge in [0.05, 0.1) is 18.0 Å². The Balaban J connectivity index is 2.10. The molecule has 0 atom stereocenters. The van der Waals surface area contributed by atoms with Crippen LogP contribution in [0, 0.1) is 13.8 Å². The van der Waals surface area contributed by atoms with Gasteiger partial charge in [-0.1, -0.05) is 6.92 Å². The van der Waals surface area contributed by atoms with Gasteiger partial charge in [-0.25, -0.2) is 4.98 Å². The maximum Gasteiger partial charge on any atom is 0.257 e. The number of hydrogen-bond donors (Lipinski definition) is 2. The van der Waals surface area contributed by atoms with Gasteiger partial charge in [0.25, 0.3) is 5.91 Å². The molecule has 21 heavy (non-hydrogen) atoms. The quantitative estimate of drug-likeness (QED) is 0.830. The number of aryl methyl sites for hydroxylation is 2. The molecule has 1 amide bonds. The number of aromatic nitrogens is 1. The number of carbonyl (C=O) groups is 1. The molecule has 2 aromatic rings. The van der Waals surface area contributed by atoms with Gasteiger partial charge in [-0.05, 0) is 38.5 Å². The van der Waals surface area contributed by atoms with Gasteiger partial charge in [-0.2, -0.15) is 0 Å². The van der Waals surface area contributed by atoms with Crippen LogP contribution in [0.15, 0.2) is 18.2 Å². The molecule has 0 aliphatic heterocycles. The van der Waals surface area contributed by atoms with Crippen LogP contribution >= 0.6 is 11.3 Å². The van der Waals surface area contributed by atoms with Gasteiger partial charge in [-0.15, -0.1) is 11.3 Å². The highest BCUT2D eigenvalue weighted by Gasteiger charge is 2.12. The summed E-state index contributed by atoms with van der Waals surface area (Å²) in [7, 11) is 0. The molecule has 0 aliphatic carbocycles. The first kappa shape index (κ1) is 15.3. The van der Waals surface area contributed by atoms with E-state index in [2.05, 4.69) is 10.3 Å². The van der Waals surface area contributed by atoms with Crippen LogP contribution < -0.4 is 15.8 Å². The van der Waals surface area contributed by atoms with Crippen LogP contribution in [0.2, 0.25) is 0 Å². The van der Waals surface area contributed by atoms with Crippen LogP contribution in [0.4, 0.5) is 10.8 Å². The molecule has 1 aromatic heterocycles. The number of thiazole rings is 1. The van der Waals surface area contributed by atoms with Gasteiger partial charge in [0.15, 0.2) is 5.13 Å². The Kier molecular flexibility index (Phi) is 4.80. The molecule has 1 heterocycles. The lowest BCUT2D eigenvalue weighted by molar-refractivity contribution is 0.102. The standard InChI is InChI=1S/C15H19N3O2S/c1-4-7-20-13-6-5-11(8-12(13)16)14(19)18-15-17-9(2)10(3)21-15/h5-6,8H,4,7,16H2,1-3H3,(H,17,18,19). The Bertz CT molecular complexity index is 633. The number of nitrogens with two attached hydrogens (primary N) is 1. The number of carbonyl (C=O) groups excluding carboxylic acids is 1. The maximum atomic E-state index is 12.2. The number of hydrogen-bond acceptors (Lipinski definition) is 5. The van der Waals surface area contributed by atoms with Crippen molar-refractivity contribution < 1.29 is 9.53 Å². The van der Waals surface area contributed by atoms with Gasteiger partial charge < -0.3 is 10.5 Å². The largest absolute Gasteiger partial charge is 0.491 e. The number of benzene rings is 1. The van der Waals surface area contributed by atoms with E-state index in [0.717, 1.165) is 17.0 Å². The molecule has 2 rings (SSSR count). The highest BCUT2D eigenvalue weighted by atomic mass is 32.1. The molecule has 1 aromatic carbocycles. The minimum atomic E-state index is -0.225. The lowest BCUT2D eigenvalue weighted by atomic mass is 10.2. The first-order valence-corrected chi connectivity index (χ1v) is 7.60. The normalized spacial score (nSPS) is 10.4. The maximum absolute atomic E-state index is 12.2. The number of nitrogen functional groups attached to an aromatic ring is 1. The number of amides is 1. The molecule has 112 valence electrons. The summed E-state index contributed by atoms with van der Waals surface area (Å²) in [5, 5.41) is 3.38. The molecule has 0 bridgehead atoms. The summed E-state index contributed by atoms with van der Waals surface area (Å²) in [4.78, 5) is 17.5. The second kappa shape index (κ2) is 6.58. The summed E-state index contributed by atoms with van der Waals surface area (Å²) >= 11 is 1.46. The number of anilines is 2. The third-order valence-corrected chi connectivity index (χ3v) is 3.97. The number of rotatable bonds is 5. The summed E-state index contributed by atoms with van der Waals surface area (Å²) in [6.45, 7) is 6.52. The topological polar surface area (TPSA) is 77.2 Å². The van der Waals surface area contributed by atoms with Crippen molar-refractivity contribution in [2.45, 2.75) is 27.2 Å². The van der Waals surface area contributed by atoms with E-state index >= 15 is 0 Å². The summed E-state index contributed by atoms with van der Waals surface area (Å²) in [5.74, 6) is 0.381. The van der Waals surface area contributed by atoms with Crippen LogP contribution in [-0.4, -0.2) is 17.5 Å². The van der Waals surface area contributed by atoms with Gasteiger partial charge in [-0.3, -0.25) is 10.1 Å². The van der Waals surface area contributed by atoms with E-state index in [1.807, 2.05) is 20.8 Å². The first-order chi connectivity index (χ1) is 10.0. The van der Waals surface area contributed by atoms with Crippen LogP contribution in [0.5, 0.6) is 5.75 Å². The Morgan fingerprint density at radius 2 is 2.19 bits per heavy atom. The van der Waals surface area contributed by atoms with Crippen LogP contribution in [-0.2, 0) is 0 Å². The number of nitrogens with zero attached hydrogens (tertiary/aromatic N) is 1. The fourth-order valence-corrected chi connectivity index (χ4v) is 2.54. The van der Waals surface area contributed by atoms with Crippen molar-refractivity contribution in [1.29, 1.82) is 0 Å². The van der Waals surface area contributed by atoms with Crippen molar-refractivity contribution in [3.8, 4) is 5.75 Å². The average molecular weight is 305 g/mol. The Morgan fingerprint density at radius 1 is 1.43 bits per heavy atom. The van der Waals surface area contributed by atoms with E-state index in [1.165, 1.54) is 11.3 Å². The molecule has 0 saturated carbocycles. The van der Waals surface area contributed by atoms with E-state index in [-0.39, 0.29) is 5.91 Å². The van der Waals surface area contributed by atoms with Crippen molar-refractivity contribution in [1.82, 2.24) is 4.98 Å². The van der Waals surface area contributed by atoms with Crippen molar-refractivity contribution in [2.24, 2.45) is 0 Å². The lowest BCUT2D eigenvalue weighted by Gasteiger charge is -2.09. The molecule has 0 radical (unpaired) electrons. The Hall–Kier alpha value is -2.08. The monoisotopic (exact) mass is 305 g/mol. The SMILES string of the molecule is CCCOc1ccc(C(=O)Nc2nc(C)c(C)s2)cc1N. The van der Waals surface area contributed by atoms with E-state index in [4.69, 9.17) is 10.5 Å². The zero-order valence-electron chi connectivity index (χ0n) is 12.4.